The van der Waals surface area contributed by atoms with Gasteiger partial charge in [0.1, 0.15) is 0 Å². The van der Waals surface area contributed by atoms with Crippen molar-refractivity contribution >= 4 is 35.1 Å². The molecule has 0 fully saturated rings. The zero-order chi connectivity index (χ0) is 17.5. The Morgan fingerprint density at radius 3 is 2.46 bits per heavy atom. The molecule has 0 saturated carbocycles. The van der Waals surface area contributed by atoms with Gasteiger partial charge in [0, 0.05) is 16.6 Å². The fourth-order valence-electron chi connectivity index (χ4n) is 1.98. The lowest BCUT2D eigenvalue weighted by Crippen LogP contribution is -2.28. The highest BCUT2D eigenvalue weighted by molar-refractivity contribution is 6.35. The van der Waals surface area contributed by atoms with Crippen LogP contribution in [0.5, 0.6) is 0 Å². The second-order valence-corrected chi connectivity index (χ2v) is 6.18. The van der Waals surface area contributed by atoms with Crippen LogP contribution in [-0.2, 0) is 27.3 Å². The number of halogens is 2. The molecular formula is C18H17Cl2NO3. The fraction of sp³-hybridized carbons (Fsp3) is 0.222. The molecule has 126 valence electrons. The van der Waals surface area contributed by atoms with E-state index in [0.29, 0.717) is 22.2 Å². The summed E-state index contributed by atoms with van der Waals surface area (Å²) < 4.78 is 4.96. The van der Waals surface area contributed by atoms with Crippen molar-refractivity contribution in [2.45, 2.75) is 19.9 Å². The third kappa shape index (κ3) is 5.87. The van der Waals surface area contributed by atoms with E-state index in [4.69, 9.17) is 27.9 Å². The van der Waals surface area contributed by atoms with Gasteiger partial charge in [0.05, 0.1) is 6.42 Å². The maximum absolute atomic E-state index is 11.8. The molecule has 0 unspecified atom stereocenters. The third-order valence-corrected chi connectivity index (χ3v) is 3.91. The summed E-state index contributed by atoms with van der Waals surface area (Å²) in [4.78, 5) is 23.5. The van der Waals surface area contributed by atoms with E-state index < -0.39 is 5.97 Å². The summed E-state index contributed by atoms with van der Waals surface area (Å²) in [5, 5.41) is 3.58. The van der Waals surface area contributed by atoms with Gasteiger partial charge in [-0.25, -0.2) is 0 Å². The van der Waals surface area contributed by atoms with Crippen molar-refractivity contribution in [2.75, 3.05) is 6.61 Å². The van der Waals surface area contributed by atoms with Gasteiger partial charge in [0.2, 0.25) is 0 Å². The lowest BCUT2D eigenvalue weighted by atomic mass is 10.1. The van der Waals surface area contributed by atoms with E-state index in [1.54, 1.807) is 18.2 Å². The molecule has 0 aliphatic heterocycles. The summed E-state index contributed by atoms with van der Waals surface area (Å²) >= 11 is 11.8. The molecule has 0 atom stereocenters. The highest BCUT2D eigenvalue weighted by Gasteiger charge is 2.11. The van der Waals surface area contributed by atoms with Crippen molar-refractivity contribution in [1.29, 1.82) is 0 Å². The molecule has 0 aromatic heterocycles. The lowest BCUT2D eigenvalue weighted by Gasteiger charge is -2.08. The van der Waals surface area contributed by atoms with Crippen molar-refractivity contribution in [3.63, 3.8) is 0 Å². The summed E-state index contributed by atoms with van der Waals surface area (Å²) in [7, 11) is 0. The first-order chi connectivity index (χ1) is 11.4. The Morgan fingerprint density at radius 2 is 1.79 bits per heavy atom. The number of ether oxygens (including phenoxy) is 1. The monoisotopic (exact) mass is 365 g/mol. The average Bonchev–Trinajstić information content (AvgIpc) is 2.55. The quantitative estimate of drug-likeness (QED) is 0.793. The molecule has 0 radical (unpaired) electrons. The summed E-state index contributed by atoms with van der Waals surface area (Å²) in [5.41, 5.74) is 2.74. The minimum absolute atomic E-state index is 0.0127. The van der Waals surface area contributed by atoms with Crippen LogP contribution in [0, 0.1) is 6.92 Å². The van der Waals surface area contributed by atoms with Crippen LogP contribution in [0.25, 0.3) is 0 Å². The Hall–Kier alpha value is -2.04. The second-order valence-electron chi connectivity index (χ2n) is 5.34. The van der Waals surface area contributed by atoms with Crippen LogP contribution in [0.3, 0.4) is 0 Å². The van der Waals surface area contributed by atoms with E-state index in [1.807, 2.05) is 31.2 Å². The number of carbonyl (C=O) groups is 2. The first-order valence-electron chi connectivity index (χ1n) is 7.36. The zero-order valence-electron chi connectivity index (χ0n) is 13.1. The van der Waals surface area contributed by atoms with Crippen LogP contribution in [0.15, 0.2) is 42.5 Å². The van der Waals surface area contributed by atoms with Crippen LogP contribution in [0.1, 0.15) is 16.7 Å². The maximum Gasteiger partial charge on any atom is 0.310 e. The van der Waals surface area contributed by atoms with Gasteiger partial charge in [-0.1, -0.05) is 59.1 Å². The molecule has 1 N–H and O–H groups in total. The molecule has 4 nitrogen and oxygen atoms in total. The summed E-state index contributed by atoms with van der Waals surface area (Å²) in [6, 6.07) is 12.7. The standard InChI is InChI=1S/C18H17Cl2NO3/c1-12-2-4-13(5-3-12)10-21-17(22)11-24-18(23)8-14-6-7-15(19)9-16(14)20/h2-7,9H,8,10-11H2,1H3,(H,21,22). The van der Waals surface area contributed by atoms with Gasteiger partial charge in [-0.3, -0.25) is 9.59 Å². The Kier molecular flexibility index (Phi) is 6.64. The minimum atomic E-state index is -0.523. The number of nitrogens with one attached hydrogen (secondary N) is 1. The van der Waals surface area contributed by atoms with Crippen molar-refractivity contribution < 1.29 is 14.3 Å². The van der Waals surface area contributed by atoms with E-state index in [0.717, 1.165) is 11.1 Å². The largest absolute Gasteiger partial charge is 0.455 e. The number of amides is 1. The van der Waals surface area contributed by atoms with E-state index in [-0.39, 0.29) is 18.9 Å². The number of aryl methyl sites for hydroxylation is 1. The lowest BCUT2D eigenvalue weighted by molar-refractivity contribution is -0.147. The van der Waals surface area contributed by atoms with Gasteiger partial charge < -0.3 is 10.1 Å². The van der Waals surface area contributed by atoms with Crippen LogP contribution < -0.4 is 5.32 Å². The first-order valence-corrected chi connectivity index (χ1v) is 8.11. The second kappa shape index (κ2) is 8.71. The number of esters is 1. The van der Waals surface area contributed by atoms with Crippen LogP contribution >= 0.6 is 23.2 Å². The molecule has 2 aromatic carbocycles. The topological polar surface area (TPSA) is 55.4 Å². The number of hydrogen-bond donors (Lipinski definition) is 1. The Bertz CT molecular complexity index is 730. The maximum atomic E-state index is 11.8. The molecule has 0 bridgehead atoms. The Labute approximate surface area is 150 Å². The summed E-state index contributed by atoms with van der Waals surface area (Å²) in [5.74, 6) is -0.879. The van der Waals surface area contributed by atoms with Gasteiger partial charge in [0.25, 0.3) is 5.91 Å². The SMILES string of the molecule is Cc1ccc(CNC(=O)COC(=O)Cc2ccc(Cl)cc2Cl)cc1. The predicted molar refractivity (Wildman–Crippen MR) is 94.2 cm³/mol. The van der Waals surface area contributed by atoms with Crippen molar-refractivity contribution in [3.8, 4) is 0 Å². The Morgan fingerprint density at radius 1 is 1.08 bits per heavy atom. The van der Waals surface area contributed by atoms with Crippen molar-refractivity contribution in [1.82, 2.24) is 5.32 Å². The molecule has 0 spiro atoms. The highest BCUT2D eigenvalue weighted by Crippen LogP contribution is 2.21. The van der Waals surface area contributed by atoms with Crippen LogP contribution in [0.4, 0.5) is 0 Å². The van der Waals surface area contributed by atoms with E-state index in [1.165, 1.54) is 0 Å². The van der Waals surface area contributed by atoms with Gasteiger partial charge in [0.15, 0.2) is 6.61 Å². The Balaban J connectivity index is 1.74. The molecule has 2 aromatic rings. The van der Waals surface area contributed by atoms with Crippen molar-refractivity contribution in [2.24, 2.45) is 0 Å². The number of rotatable bonds is 6. The van der Waals surface area contributed by atoms with Gasteiger partial charge in [-0.2, -0.15) is 0 Å². The number of carbonyl (C=O) groups excluding carboxylic acids is 2. The minimum Gasteiger partial charge on any atom is -0.455 e. The van der Waals surface area contributed by atoms with E-state index in [2.05, 4.69) is 5.32 Å². The van der Waals surface area contributed by atoms with Gasteiger partial charge >= 0.3 is 5.97 Å². The molecule has 24 heavy (non-hydrogen) atoms. The first kappa shape index (κ1) is 18.3. The molecule has 0 saturated heterocycles. The molecule has 0 aliphatic carbocycles. The molecule has 0 aliphatic rings. The molecule has 0 heterocycles. The van der Waals surface area contributed by atoms with Crippen LogP contribution in [-0.4, -0.2) is 18.5 Å². The normalized spacial score (nSPS) is 10.3. The molecular weight excluding hydrogens is 349 g/mol. The van der Waals surface area contributed by atoms with Gasteiger partial charge in [-0.15, -0.1) is 0 Å². The molecule has 2 rings (SSSR count). The van der Waals surface area contributed by atoms with Crippen molar-refractivity contribution in [3.05, 3.63) is 69.2 Å². The zero-order valence-corrected chi connectivity index (χ0v) is 14.7. The fourth-order valence-corrected chi connectivity index (χ4v) is 2.45. The van der Waals surface area contributed by atoms with Gasteiger partial charge in [-0.05, 0) is 30.2 Å². The molecule has 6 heteroatoms. The average molecular weight is 366 g/mol. The van der Waals surface area contributed by atoms with Crippen LogP contribution in [0.2, 0.25) is 10.0 Å². The van der Waals surface area contributed by atoms with E-state index in [9.17, 15) is 9.59 Å². The molecule has 1 amide bonds. The third-order valence-electron chi connectivity index (χ3n) is 3.32. The summed E-state index contributed by atoms with van der Waals surface area (Å²) in [6.45, 7) is 2.06. The smallest absolute Gasteiger partial charge is 0.310 e. The van der Waals surface area contributed by atoms with E-state index >= 15 is 0 Å². The number of benzene rings is 2. The highest BCUT2D eigenvalue weighted by atomic mass is 35.5. The predicted octanol–water partition coefficient (Wildman–Crippen LogP) is 3.70. The summed E-state index contributed by atoms with van der Waals surface area (Å²) in [6.07, 6.45) is -0.0127. The number of hydrogen-bond acceptors (Lipinski definition) is 3.